The molecule has 1 aliphatic rings. The molecular formula is C14H13ClN2O3. The molecule has 5 nitrogen and oxygen atoms in total. The van der Waals surface area contributed by atoms with Crippen LogP contribution in [-0.4, -0.2) is 36.9 Å². The Balaban J connectivity index is 2.31. The van der Waals surface area contributed by atoms with Crippen LogP contribution in [0, 0.1) is 11.3 Å². The van der Waals surface area contributed by atoms with E-state index >= 15 is 0 Å². The van der Waals surface area contributed by atoms with Crippen molar-refractivity contribution in [2.24, 2.45) is 0 Å². The van der Waals surface area contributed by atoms with E-state index in [2.05, 4.69) is 6.07 Å². The summed E-state index contributed by atoms with van der Waals surface area (Å²) in [6.45, 7) is 1.52. The van der Waals surface area contributed by atoms with Gasteiger partial charge in [-0.25, -0.2) is 4.79 Å². The van der Waals surface area contributed by atoms with Crippen molar-refractivity contribution in [3.8, 4) is 6.07 Å². The first-order valence-electron chi connectivity index (χ1n) is 6.07. The molecule has 0 radical (unpaired) electrons. The Hall–Kier alpha value is -2.03. The quantitative estimate of drug-likeness (QED) is 0.864. The van der Waals surface area contributed by atoms with Gasteiger partial charge in [-0.05, 0) is 23.8 Å². The van der Waals surface area contributed by atoms with Crippen LogP contribution in [0.25, 0.3) is 6.08 Å². The van der Waals surface area contributed by atoms with E-state index in [1.165, 1.54) is 6.08 Å². The Labute approximate surface area is 121 Å². The van der Waals surface area contributed by atoms with Crippen molar-refractivity contribution in [1.82, 2.24) is 0 Å². The minimum absolute atomic E-state index is 0.435. The number of carbonyl (C=O) groups is 1. The van der Waals surface area contributed by atoms with Gasteiger partial charge >= 0.3 is 5.97 Å². The summed E-state index contributed by atoms with van der Waals surface area (Å²) in [5.74, 6) is -1.01. The molecule has 0 spiro atoms. The second-order valence-electron chi connectivity index (χ2n) is 4.31. The van der Waals surface area contributed by atoms with E-state index in [0.717, 1.165) is 17.3 Å². The fraction of sp³-hybridized carbons (Fsp3) is 0.286. The minimum atomic E-state index is -1.01. The first kappa shape index (κ1) is 14.4. The molecule has 2 rings (SSSR count). The predicted molar refractivity (Wildman–Crippen MR) is 75.7 cm³/mol. The van der Waals surface area contributed by atoms with E-state index in [1.807, 2.05) is 4.90 Å². The normalized spacial score (nSPS) is 19.0. The number of nitrogens with zero attached hydrogens (tertiary/aromatic N) is 2. The third kappa shape index (κ3) is 3.50. The third-order valence-corrected chi connectivity index (χ3v) is 3.18. The average Bonchev–Trinajstić information content (AvgIpc) is 2.46. The molecule has 20 heavy (non-hydrogen) atoms. The highest BCUT2D eigenvalue weighted by molar-refractivity contribution is 6.31. The van der Waals surface area contributed by atoms with E-state index in [0.29, 0.717) is 24.7 Å². The summed E-state index contributed by atoms with van der Waals surface area (Å²) in [5, 5.41) is 18.2. The number of halogens is 1. The standard InChI is InChI=1S/C14H13ClN2O3/c15-11-3-1-10(2-4-14(18)19)13(7-11)17-5-6-20-12(8-16)9-17/h1-4,7,12H,5-6,9H2,(H,18,19)/b4-2+. The molecular weight excluding hydrogens is 280 g/mol. The van der Waals surface area contributed by atoms with Gasteiger partial charge in [0, 0.05) is 23.3 Å². The fourth-order valence-electron chi connectivity index (χ4n) is 2.04. The predicted octanol–water partition coefficient (Wildman–Crippen LogP) is 2.17. The SMILES string of the molecule is N#CC1CN(c2cc(Cl)ccc2/C=C/C(=O)O)CCO1. The van der Waals surface area contributed by atoms with Gasteiger partial charge in [0.15, 0.2) is 6.10 Å². The number of hydrogen-bond donors (Lipinski definition) is 1. The second-order valence-corrected chi connectivity index (χ2v) is 4.75. The number of morpholine rings is 1. The van der Waals surface area contributed by atoms with Crippen molar-refractivity contribution < 1.29 is 14.6 Å². The van der Waals surface area contributed by atoms with Gasteiger partial charge in [-0.3, -0.25) is 0 Å². The van der Waals surface area contributed by atoms with Crippen molar-refractivity contribution in [2.45, 2.75) is 6.10 Å². The van der Waals surface area contributed by atoms with E-state index in [9.17, 15) is 4.79 Å². The molecule has 1 fully saturated rings. The molecule has 0 bridgehead atoms. The molecule has 1 N–H and O–H groups in total. The third-order valence-electron chi connectivity index (χ3n) is 2.95. The maximum absolute atomic E-state index is 10.6. The van der Waals surface area contributed by atoms with Gasteiger partial charge in [-0.1, -0.05) is 17.7 Å². The fourth-order valence-corrected chi connectivity index (χ4v) is 2.21. The minimum Gasteiger partial charge on any atom is -0.478 e. The van der Waals surface area contributed by atoms with Crippen LogP contribution in [0.4, 0.5) is 5.69 Å². The molecule has 0 amide bonds. The molecule has 0 aromatic heterocycles. The molecule has 1 aromatic rings. The summed E-state index contributed by atoms with van der Waals surface area (Å²) < 4.78 is 5.30. The first-order valence-corrected chi connectivity index (χ1v) is 6.44. The summed E-state index contributed by atoms with van der Waals surface area (Å²) >= 11 is 6.01. The van der Waals surface area contributed by atoms with Crippen LogP contribution in [-0.2, 0) is 9.53 Å². The van der Waals surface area contributed by atoms with E-state index in [1.54, 1.807) is 18.2 Å². The van der Waals surface area contributed by atoms with Crippen LogP contribution in [0.2, 0.25) is 5.02 Å². The Morgan fingerprint density at radius 2 is 2.40 bits per heavy atom. The number of hydrogen-bond acceptors (Lipinski definition) is 4. The number of ether oxygens (including phenoxy) is 1. The summed E-state index contributed by atoms with van der Waals surface area (Å²) in [4.78, 5) is 12.6. The topological polar surface area (TPSA) is 73.6 Å². The highest BCUT2D eigenvalue weighted by Crippen LogP contribution is 2.27. The van der Waals surface area contributed by atoms with Crippen molar-refractivity contribution in [3.63, 3.8) is 0 Å². The molecule has 1 unspecified atom stereocenters. The summed E-state index contributed by atoms with van der Waals surface area (Å²) in [6, 6.07) is 7.31. The summed E-state index contributed by atoms with van der Waals surface area (Å²) in [7, 11) is 0. The van der Waals surface area contributed by atoms with Crippen LogP contribution in [0.1, 0.15) is 5.56 Å². The van der Waals surface area contributed by atoms with E-state index in [-0.39, 0.29) is 0 Å². The van der Waals surface area contributed by atoms with Gasteiger partial charge in [-0.2, -0.15) is 5.26 Å². The van der Waals surface area contributed by atoms with Crippen molar-refractivity contribution in [3.05, 3.63) is 34.9 Å². The number of benzene rings is 1. The molecule has 1 aliphatic heterocycles. The molecule has 0 aliphatic carbocycles. The smallest absolute Gasteiger partial charge is 0.328 e. The number of aliphatic carboxylic acids is 1. The number of anilines is 1. The Morgan fingerprint density at radius 3 is 3.10 bits per heavy atom. The molecule has 104 valence electrons. The molecule has 6 heteroatoms. The monoisotopic (exact) mass is 292 g/mol. The molecule has 0 saturated carbocycles. The van der Waals surface area contributed by atoms with Crippen molar-refractivity contribution >= 4 is 29.3 Å². The van der Waals surface area contributed by atoms with E-state index in [4.69, 9.17) is 26.7 Å². The molecule has 1 aromatic carbocycles. The van der Waals surface area contributed by atoms with Gasteiger partial charge in [-0.15, -0.1) is 0 Å². The Bertz CT molecular complexity index is 580. The number of rotatable bonds is 3. The number of nitriles is 1. The van der Waals surface area contributed by atoms with Crippen LogP contribution in [0.3, 0.4) is 0 Å². The lowest BCUT2D eigenvalue weighted by Crippen LogP contribution is -2.42. The zero-order valence-corrected chi connectivity index (χ0v) is 11.4. The summed E-state index contributed by atoms with van der Waals surface area (Å²) in [5.41, 5.74) is 1.55. The molecule has 1 heterocycles. The van der Waals surface area contributed by atoms with Gasteiger partial charge in [0.1, 0.15) is 0 Å². The zero-order chi connectivity index (χ0) is 14.5. The van der Waals surface area contributed by atoms with Crippen LogP contribution in [0.5, 0.6) is 0 Å². The Morgan fingerprint density at radius 1 is 1.60 bits per heavy atom. The van der Waals surface area contributed by atoms with Crippen LogP contribution >= 0.6 is 11.6 Å². The highest BCUT2D eigenvalue weighted by Gasteiger charge is 2.21. The maximum atomic E-state index is 10.6. The lowest BCUT2D eigenvalue weighted by Gasteiger charge is -2.32. The largest absolute Gasteiger partial charge is 0.478 e. The molecule has 1 saturated heterocycles. The maximum Gasteiger partial charge on any atom is 0.328 e. The van der Waals surface area contributed by atoms with Crippen LogP contribution in [0.15, 0.2) is 24.3 Å². The van der Waals surface area contributed by atoms with Crippen molar-refractivity contribution in [2.75, 3.05) is 24.6 Å². The number of carboxylic acid groups (broad SMARTS) is 1. The van der Waals surface area contributed by atoms with Gasteiger partial charge in [0.25, 0.3) is 0 Å². The summed E-state index contributed by atoms with van der Waals surface area (Å²) in [6.07, 6.45) is 2.11. The van der Waals surface area contributed by atoms with Gasteiger partial charge in [0.05, 0.1) is 19.2 Å². The Kier molecular flexibility index (Phi) is 4.61. The van der Waals surface area contributed by atoms with E-state index < -0.39 is 12.1 Å². The second kappa shape index (κ2) is 6.42. The average molecular weight is 293 g/mol. The highest BCUT2D eigenvalue weighted by atomic mass is 35.5. The van der Waals surface area contributed by atoms with Crippen molar-refractivity contribution in [1.29, 1.82) is 5.26 Å². The van der Waals surface area contributed by atoms with Gasteiger partial charge < -0.3 is 14.7 Å². The first-order chi connectivity index (χ1) is 9.60. The van der Waals surface area contributed by atoms with Crippen LogP contribution < -0.4 is 4.90 Å². The molecule has 1 atom stereocenters. The lowest BCUT2D eigenvalue weighted by atomic mass is 10.1. The number of carboxylic acids is 1. The zero-order valence-electron chi connectivity index (χ0n) is 10.6. The van der Waals surface area contributed by atoms with Gasteiger partial charge in [0.2, 0.25) is 0 Å². The lowest BCUT2D eigenvalue weighted by molar-refractivity contribution is -0.131.